The fourth-order valence-corrected chi connectivity index (χ4v) is 4.62. The van der Waals surface area contributed by atoms with Crippen molar-refractivity contribution in [2.45, 2.75) is 25.2 Å². The number of halogens is 2. The largest absolute Gasteiger partial charge is 0.338 e. The second-order valence-corrected chi connectivity index (χ2v) is 8.48. The Bertz CT molecular complexity index is 800. The molecule has 3 nitrogen and oxygen atoms in total. The van der Waals surface area contributed by atoms with Gasteiger partial charge in [-0.15, -0.1) is 0 Å². The molecule has 0 bridgehead atoms. The summed E-state index contributed by atoms with van der Waals surface area (Å²) >= 11 is 5.92. The predicted molar refractivity (Wildman–Crippen MR) is 110 cm³/mol. The van der Waals surface area contributed by atoms with Crippen LogP contribution in [0.5, 0.6) is 0 Å². The van der Waals surface area contributed by atoms with Crippen molar-refractivity contribution < 1.29 is 9.18 Å². The van der Waals surface area contributed by atoms with Gasteiger partial charge in [-0.1, -0.05) is 23.7 Å². The lowest BCUT2D eigenvalue weighted by Gasteiger charge is -2.33. The average molecular weight is 401 g/mol. The Labute approximate surface area is 171 Å². The molecule has 28 heavy (non-hydrogen) atoms. The van der Waals surface area contributed by atoms with Gasteiger partial charge in [0.25, 0.3) is 5.91 Å². The normalized spacial score (nSPS) is 21.2. The van der Waals surface area contributed by atoms with E-state index < -0.39 is 0 Å². The molecule has 5 heteroatoms. The number of benzene rings is 2. The molecule has 2 aromatic rings. The summed E-state index contributed by atoms with van der Waals surface area (Å²) in [4.78, 5) is 17.2. The second kappa shape index (κ2) is 8.62. The van der Waals surface area contributed by atoms with Gasteiger partial charge in [0.2, 0.25) is 0 Å². The highest BCUT2D eigenvalue weighted by molar-refractivity contribution is 6.30. The molecular weight excluding hydrogens is 375 g/mol. The number of carbonyl (C=O) groups is 1. The van der Waals surface area contributed by atoms with E-state index in [0.717, 1.165) is 52.0 Å². The van der Waals surface area contributed by atoms with E-state index in [9.17, 15) is 9.18 Å². The number of piperidine rings is 1. The van der Waals surface area contributed by atoms with Crippen LogP contribution in [0.2, 0.25) is 5.02 Å². The Morgan fingerprint density at radius 3 is 2.32 bits per heavy atom. The molecule has 0 saturated carbocycles. The minimum Gasteiger partial charge on any atom is -0.338 e. The van der Waals surface area contributed by atoms with Gasteiger partial charge in [0.1, 0.15) is 5.82 Å². The number of likely N-dealkylation sites (tertiary alicyclic amines) is 2. The van der Waals surface area contributed by atoms with Crippen molar-refractivity contribution in [1.29, 1.82) is 0 Å². The lowest BCUT2D eigenvalue weighted by molar-refractivity contribution is 0.0782. The molecule has 0 aromatic heterocycles. The number of hydrogen-bond acceptors (Lipinski definition) is 2. The van der Waals surface area contributed by atoms with Gasteiger partial charge >= 0.3 is 0 Å². The highest BCUT2D eigenvalue weighted by atomic mass is 35.5. The van der Waals surface area contributed by atoms with Crippen LogP contribution in [0.25, 0.3) is 0 Å². The van der Waals surface area contributed by atoms with Crippen molar-refractivity contribution in [3.63, 3.8) is 0 Å². The molecule has 148 valence electrons. The quantitative estimate of drug-likeness (QED) is 0.734. The molecule has 2 fully saturated rings. The predicted octanol–water partition coefficient (Wildman–Crippen LogP) is 4.82. The molecule has 2 saturated heterocycles. The fraction of sp³-hybridized carbons (Fsp3) is 0.435. The second-order valence-electron chi connectivity index (χ2n) is 8.04. The van der Waals surface area contributed by atoms with Crippen LogP contribution >= 0.6 is 11.6 Å². The molecule has 2 aliphatic rings. The minimum atomic E-state index is -0.167. The Kier molecular flexibility index (Phi) is 5.98. The Morgan fingerprint density at radius 1 is 0.964 bits per heavy atom. The smallest absolute Gasteiger partial charge is 0.253 e. The maximum Gasteiger partial charge on any atom is 0.253 e. The number of amides is 1. The first-order chi connectivity index (χ1) is 13.6. The lowest BCUT2D eigenvalue weighted by atomic mass is 9.89. The summed E-state index contributed by atoms with van der Waals surface area (Å²) in [7, 11) is 0. The van der Waals surface area contributed by atoms with Gasteiger partial charge in [-0.2, -0.15) is 0 Å². The third kappa shape index (κ3) is 4.56. The standard InChI is InChI=1S/C23H26ClFN2O/c24-21-5-1-20(2-6-21)23(28)27-14-9-17(16-27)15-26-12-10-19(11-13-26)18-3-7-22(25)8-4-18/h1-8,17,19H,9-16H2/t17-/m1/s1. The van der Waals surface area contributed by atoms with Crippen LogP contribution < -0.4 is 0 Å². The number of nitrogens with zero attached hydrogens (tertiary/aromatic N) is 2. The van der Waals surface area contributed by atoms with Crippen LogP contribution in [0, 0.1) is 11.7 Å². The molecule has 2 heterocycles. The van der Waals surface area contributed by atoms with E-state index in [1.807, 2.05) is 17.0 Å². The molecule has 0 N–H and O–H groups in total. The van der Waals surface area contributed by atoms with Crippen LogP contribution in [0.3, 0.4) is 0 Å². The van der Waals surface area contributed by atoms with E-state index in [1.165, 1.54) is 5.56 Å². The van der Waals surface area contributed by atoms with Crippen LogP contribution in [0.15, 0.2) is 48.5 Å². The monoisotopic (exact) mass is 400 g/mol. The zero-order chi connectivity index (χ0) is 19.5. The zero-order valence-electron chi connectivity index (χ0n) is 16.0. The van der Waals surface area contributed by atoms with Crippen LogP contribution in [-0.2, 0) is 0 Å². The van der Waals surface area contributed by atoms with Gasteiger partial charge in [-0.25, -0.2) is 4.39 Å². The van der Waals surface area contributed by atoms with E-state index in [4.69, 9.17) is 11.6 Å². The molecule has 1 atom stereocenters. The summed E-state index contributed by atoms with van der Waals surface area (Å²) in [6.07, 6.45) is 3.30. The molecule has 1 amide bonds. The molecule has 2 aromatic carbocycles. The fourth-order valence-electron chi connectivity index (χ4n) is 4.49. The van der Waals surface area contributed by atoms with Crippen molar-refractivity contribution in [3.05, 3.63) is 70.5 Å². The van der Waals surface area contributed by atoms with Crippen molar-refractivity contribution in [2.24, 2.45) is 5.92 Å². The summed E-state index contributed by atoms with van der Waals surface area (Å²) in [5, 5.41) is 0.653. The van der Waals surface area contributed by atoms with Gasteiger partial charge < -0.3 is 9.80 Å². The van der Waals surface area contributed by atoms with E-state index in [2.05, 4.69) is 4.90 Å². The molecular formula is C23H26ClFN2O. The van der Waals surface area contributed by atoms with Crippen LogP contribution in [0.1, 0.15) is 41.1 Å². The Balaban J connectivity index is 1.25. The highest BCUT2D eigenvalue weighted by Crippen LogP contribution is 2.29. The molecule has 0 unspecified atom stereocenters. The maximum absolute atomic E-state index is 13.1. The zero-order valence-corrected chi connectivity index (χ0v) is 16.7. The number of hydrogen-bond donors (Lipinski definition) is 0. The SMILES string of the molecule is O=C(c1ccc(Cl)cc1)N1CC[C@H](CN2CCC(c3ccc(F)cc3)CC2)C1. The first-order valence-electron chi connectivity index (χ1n) is 10.1. The number of carbonyl (C=O) groups excluding carboxylic acids is 1. The summed E-state index contributed by atoms with van der Waals surface area (Å²) < 4.78 is 13.1. The van der Waals surface area contributed by atoms with E-state index >= 15 is 0 Å². The highest BCUT2D eigenvalue weighted by Gasteiger charge is 2.29. The van der Waals surface area contributed by atoms with Crippen molar-refractivity contribution in [2.75, 3.05) is 32.7 Å². The molecule has 0 aliphatic carbocycles. The van der Waals surface area contributed by atoms with Crippen molar-refractivity contribution in [3.8, 4) is 0 Å². The van der Waals surface area contributed by atoms with E-state index in [1.54, 1.807) is 36.4 Å². The Hall–Kier alpha value is -1.91. The van der Waals surface area contributed by atoms with Crippen molar-refractivity contribution in [1.82, 2.24) is 9.80 Å². The van der Waals surface area contributed by atoms with Gasteiger partial charge in [-0.3, -0.25) is 4.79 Å². The topological polar surface area (TPSA) is 23.6 Å². The average Bonchev–Trinajstić information content (AvgIpc) is 3.18. The first-order valence-corrected chi connectivity index (χ1v) is 10.5. The molecule has 0 radical (unpaired) electrons. The summed E-state index contributed by atoms with van der Waals surface area (Å²) in [6.45, 7) is 4.87. The summed E-state index contributed by atoms with van der Waals surface area (Å²) in [5.41, 5.74) is 1.96. The third-order valence-electron chi connectivity index (χ3n) is 6.11. The third-order valence-corrected chi connectivity index (χ3v) is 6.36. The number of rotatable bonds is 4. The van der Waals surface area contributed by atoms with E-state index in [0.29, 0.717) is 22.4 Å². The summed E-state index contributed by atoms with van der Waals surface area (Å²) in [6, 6.07) is 14.1. The first kappa shape index (κ1) is 19.4. The lowest BCUT2D eigenvalue weighted by Crippen LogP contribution is -2.37. The molecule has 4 rings (SSSR count). The van der Waals surface area contributed by atoms with Gasteiger partial charge in [0, 0.05) is 30.2 Å². The minimum absolute atomic E-state index is 0.106. The van der Waals surface area contributed by atoms with Gasteiger partial charge in [-0.05, 0) is 86.1 Å². The van der Waals surface area contributed by atoms with Gasteiger partial charge in [0.05, 0.1) is 0 Å². The molecule has 2 aliphatic heterocycles. The van der Waals surface area contributed by atoms with Gasteiger partial charge in [0.15, 0.2) is 0 Å². The summed E-state index contributed by atoms with van der Waals surface area (Å²) in [5.74, 6) is 1.01. The maximum atomic E-state index is 13.1. The molecule has 0 spiro atoms. The Morgan fingerprint density at radius 2 is 1.64 bits per heavy atom. The van der Waals surface area contributed by atoms with Crippen LogP contribution in [0.4, 0.5) is 4.39 Å². The van der Waals surface area contributed by atoms with E-state index in [-0.39, 0.29) is 11.7 Å². The van der Waals surface area contributed by atoms with Crippen molar-refractivity contribution >= 4 is 17.5 Å². The van der Waals surface area contributed by atoms with Crippen LogP contribution in [-0.4, -0.2) is 48.4 Å².